The summed E-state index contributed by atoms with van der Waals surface area (Å²) in [6.07, 6.45) is 7.24. The molecular formula is C57H55BN2OS. The Morgan fingerprint density at radius 1 is 0.565 bits per heavy atom. The smallest absolute Gasteiger partial charge is 0.297 e. The highest BCUT2D eigenvalue weighted by Crippen LogP contribution is 2.64. The highest BCUT2D eigenvalue weighted by atomic mass is 32.2. The summed E-state index contributed by atoms with van der Waals surface area (Å²) in [6, 6.07) is 50.3. The van der Waals surface area contributed by atoms with Crippen molar-refractivity contribution >= 4 is 69.2 Å². The number of para-hydroxylation sites is 2. The predicted octanol–water partition coefficient (Wildman–Crippen LogP) is 14.0. The van der Waals surface area contributed by atoms with E-state index in [2.05, 4.69) is 203 Å². The molecule has 308 valence electrons. The van der Waals surface area contributed by atoms with Crippen molar-refractivity contribution < 1.29 is 4.42 Å². The van der Waals surface area contributed by atoms with Crippen LogP contribution in [0.5, 0.6) is 0 Å². The lowest BCUT2D eigenvalue weighted by molar-refractivity contribution is 0.260. The zero-order valence-electron chi connectivity index (χ0n) is 37.2. The van der Waals surface area contributed by atoms with E-state index in [4.69, 9.17) is 4.42 Å². The van der Waals surface area contributed by atoms with Gasteiger partial charge in [0.25, 0.3) is 6.71 Å². The zero-order chi connectivity index (χ0) is 42.3. The summed E-state index contributed by atoms with van der Waals surface area (Å²) in [5.41, 5.74) is 20.1. The number of benzene rings is 6. The molecule has 3 aliphatic heterocycles. The Morgan fingerprint density at radius 3 is 1.79 bits per heavy atom. The molecule has 2 aliphatic carbocycles. The molecule has 1 fully saturated rings. The fraction of sp³-hybridized carbons (Fsp3) is 0.298. The number of thioether (sulfide) groups is 1. The zero-order valence-corrected chi connectivity index (χ0v) is 38.0. The third-order valence-electron chi connectivity index (χ3n) is 15.9. The van der Waals surface area contributed by atoms with Crippen molar-refractivity contribution in [3.8, 4) is 22.3 Å². The van der Waals surface area contributed by atoms with Gasteiger partial charge in [0, 0.05) is 54.2 Å². The van der Waals surface area contributed by atoms with Gasteiger partial charge in [-0.05, 0) is 108 Å². The quantitative estimate of drug-likeness (QED) is 0.165. The molecule has 1 aromatic heterocycles. The van der Waals surface area contributed by atoms with E-state index in [9.17, 15) is 0 Å². The van der Waals surface area contributed by atoms with Gasteiger partial charge in [0.2, 0.25) is 0 Å². The van der Waals surface area contributed by atoms with Gasteiger partial charge in [-0.3, -0.25) is 0 Å². The maximum atomic E-state index is 7.73. The van der Waals surface area contributed by atoms with Crippen LogP contribution in [0.15, 0.2) is 143 Å². The Bertz CT molecular complexity index is 2970. The van der Waals surface area contributed by atoms with E-state index in [1.54, 1.807) is 0 Å². The van der Waals surface area contributed by atoms with E-state index >= 15 is 0 Å². The van der Waals surface area contributed by atoms with Crippen molar-refractivity contribution in [3.05, 3.63) is 156 Å². The second-order valence-electron chi connectivity index (χ2n) is 20.7. The van der Waals surface area contributed by atoms with Gasteiger partial charge in [-0.2, -0.15) is 0 Å². The minimum atomic E-state index is -0.109. The number of nitrogens with zero attached hydrogens (tertiary/aromatic N) is 2. The number of anilines is 6. The molecule has 0 spiro atoms. The Hall–Kier alpha value is -5.39. The number of furan rings is 1. The highest BCUT2D eigenvalue weighted by Gasteiger charge is 2.57. The van der Waals surface area contributed by atoms with Crippen molar-refractivity contribution in [1.29, 1.82) is 0 Å². The van der Waals surface area contributed by atoms with Crippen LogP contribution in [0.3, 0.4) is 0 Å². The molecule has 7 aromatic rings. The molecule has 1 saturated carbocycles. The van der Waals surface area contributed by atoms with Crippen molar-refractivity contribution in [2.75, 3.05) is 9.80 Å². The first kappa shape index (κ1) is 38.3. The summed E-state index contributed by atoms with van der Waals surface area (Å²) in [5, 5.41) is 0. The Kier molecular flexibility index (Phi) is 8.23. The normalized spacial score (nSPS) is 22.3. The fourth-order valence-corrected chi connectivity index (χ4v) is 14.1. The molecule has 0 amide bonds. The van der Waals surface area contributed by atoms with Crippen LogP contribution in [0, 0.1) is 6.92 Å². The summed E-state index contributed by atoms with van der Waals surface area (Å²) >= 11 is 2.16. The molecular weight excluding hydrogens is 772 g/mol. The third kappa shape index (κ3) is 5.27. The average molecular weight is 827 g/mol. The SMILES string of the molecule is Cc1cc2c3c(c1)N(c1ccccc1-c1ccccc1)c1c(oc4c1C(C)(C)CCC4(C)C)B3c1cc3c(cc1N2c1ccccc1-c1ccccc1)C1(C)CCCCC1(C)S3. The van der Waals surface area contributed by atoms with Crippen LogP contribution in [-0.4, -0.2) is 11.5 Å². The molecule has 0 radical (unpaired) electrons. The second-order valence-corrected chi connectivity index (χ2v) is 22.2. The van der Waals surface area contributed by atoms with Crippen LogP contribution in [0.4, 0.5) is 34.1 Å². The Balaban J connectivity index is 1.22. The van der Waals surface area contributed by atoms with Crippen molar-refractivity contribution in [3.63, 3.8) is 0 Å². The molecule has 0 bridgehead atoms. The fourth-order valence-electron chi connectivity index (χ4n) is 12.3. The molecule has 0 saturated heterocycles. The lowest BCUT2D eigenvalue weighted by Crippen LogP contribution is -2.61. The molecule has 3 nitrogen and oxygen atoms in total. The highest BCUT2D eigenvalue weighted by molar-refractivity contribution is 8.01. The summed E-state index contributed by atoms with van der Waals surface area (Å²) in [7, 11) is 0. The predicted molar refractivity (Wildman–Crippen MR) is 264 cm³/mol. The van der Waals surface area contributed by atoms with E-state index in [1.165, 1.54) is 115 Å². The van der Waals surface area contributed by atoms with Gasteiger partial charge in [0.15, 0.2) is 0 Å². The molecule has 2 atom stereocenters. The van der Waals surface area contributed by atoms with Crippen LogP contribution in [0.1, 0.15) is 103 Å². The van der Waals surface area contributed by atoms with E-state index in [0.717, 1.165) is 24.3 Å². The summed E-state index contributed by atoms with van der Waals surface area (Å²) in [4.78, 5) is 6.74. The molecule has 12 rings (SSSR count). The molecule has 0 N–H and O–H groups in total. The molecule has 5 heteroatoms. The average Bonchev–Trinajstić information content (AvgIpc) is 3.80. The van der Waals surface area contributed by atoms with E-state index in [-0.39, 0.29) is 27.7 Å². The Labute approximate surface area is 372 Å². The third-order valence-corrected chi connectivity index (χ3v) is 17.6. The van der Waals surface area contributed by atoms with Gasteiger partial charge >= 0.3 is 0 Å². The first-order valence-corrected chi connectivity index (χ1v) is 23.8. The van der Waals surface area contributed by atoms with Gasteiger partial charge in [-0.1, -0.05) is 151 Å². The Morgan fingerprint density at radius 2 is 1.13 bits per heavy atom. The van der Waals surface area contributed by atoms with E-state index in [1.807, 2.05) is 0 Å². The summed E-state index contributed by atoms with van der Waals surface area (Å²) in [5.74, 6) is 1.16. The second kappa shape index (κ2) is 13.3. The minimum absolute atomic E-state index is 0.0859. The monoisotopic (exact) mass is 826 g/mol. The van der Waals surface area contributed by atoms with Crippen LogP contribution in [0.2, 0.25) is 0 Å². The van der Waals surface area contributed by atoms with Gasteiger partial charge in [-0.25, -0.2) is 0 Å². The number of hydrogen-bond acceptors (Lipinski definition) is 4. The maximum absolute atomic E-state index is 7.73. The van der Waals surface area contributed by atoms with Gasteiger partial charge in [0.05, 0.1) is 22.7 Å². The summed E-state index contributed by atoms with van der Waals surface area (Å²) < 4.78 is 7.89. The lowest BCUT2D eigenvalue weighted by Gasteiger charge is -2.46. The van der Waals surface area contributed by atoms with E-state index in [0.29, 0.717) is 0 Å². The number of hydrogen-bond donors (Lipinski definition) is 0. The van der Waals surface area contributed by atoms with Crippen LogP contribution < -0.4 is 26.4 Å². The van der Waals surface area contributed by atoms with Crippen LogP contribution in [-0.2, 0) is 16.2 Å². The van der Waals surface area contributed by atoms with E-state index < -0.39 is 0 Å². The lowest BCUT2D eigenvalue weighted by atomic mass is 9.35. The van der Waals surface area contributed by atoms with Gasteiger partial charge < -0.3 is 14.2 Å². The summed E-state index contributed by atoms with van der Waals surface area (Å²) in [6.45, 7) is 17.1. The number of fused-ring (bicyclic) bond motifs is 9. The first-order valence-electron chi connectivity index (χ1n) is 23.0. The van der Waals surface area contributed by atoms with Gasteiger partial charge in [0.1, 0.15) is 5.76 Å². The molecule has 4 heterocycles. The minimum Gasteiger partial charge on any atom is -0.472 e. The maximum Gasteiger partial charge on any atom is 0.297 e. The topological polar surface area (TPSA) is 19.6 Å². The molecule has 6 aromatic carbocycles. The molecule has 2 unspecified atom stereocenters. The molecule has 5 aliphatic rings. The van der Waals surface area contributed by atoms with Crippen LogP contribution in [0.25, 0.3) is 22.3 Å². The largest absolute Gasteiger partial charge is 0.472 e. The molecule has 62 heavy (non-hydrogen) atoms. The van der Waals surface area contributed by atoms with Gasteiger partial charge in [-0.15, -0.1) is 11.8 Å². The van der Waals surface area contributed by atoms with Crippen molar-refractivity contribution in [2.24, 2.45) is 0 Å². The van der Waals surface area contributed by atoms with Crippen molar-refractivity contribution in [1.82, 2.24) is 0 Å². The van der Waals surface area contributed by atoms with Crippen LogP contribution >= 0.6 is 11.8 Å². The standard InChI is InChI=1S/C57H55BN2OS/c1-36-32-46-50-47(33-36)60(44-27-17-15-25-40(44)38-22-12-9-13-23-38)51-49-52(55(4,5)31-30-54(49,2)3)61-53(51)58(50)42-35-48-41(56(6)28-18-19-29-57(56,7)62-48)34-45(42)59(46)43-26-16-14-24-39(43)37-20-10-8-11-21-37/h8-17,20-27,32-35H,18-19,28-31H2,1-7H3. The van der Waals surface area contributed by atoms with Crippen molar-refractivity contribution in [2.45, 2.75) is 113 Å². The number of rotatable bonds is 4. The number of aryl methyl sites for hydroxylation is 1. The first-order chi connectivity index (χ1) is 29.9.